The van der Waals surface area contributed by atoms with Gasteiger partial charge in [0.15, 0.2) is 0 Å². The summed E-state index contributed by atoms with van der Waals surface area (Å²) in [5.74, 6) is -0.698. The number of hydrogen-bond acceptors (Lipinski definition) is 7. The average Bonchev–Trinajstić information content (AvgIpc) is 3.63. The van der Waals surface area contributed by atoms with Crippen LogP contribution in [0.25, 0.3) is 0 Å². The molecule has 1 fully saturated rings. The van der Waals surface area contributed by atoms with Gasteiger partial charge in [-0.1, -0.05) is 12.1 Å². The van der Waals surface area contributed by atoms with Gasteiger partial charge in [0.1, 0.15) is 12.1 Å². The molecular formula is C23H20N4O3S3. The Labute approximate surface area is 202 Å². The van der Waals surface area contributed by atoms with E-state index in [1.54, 1.807) is 34.0 Å². The van der Waals surface area contributed by atoms with E-state index < -0.39 is 11.6 Å². The largest absolute Gasteiger partial charge is 0.325 e. The van der Waals surface area contributed by atoms with Gasteiger partial charge in [-0.15, -0.1) is 34.0 Å². The molecule has 2 unspecified atom stereocenters. The molecule has 7 nitrogen and oxygen atoms in total. The molecule has 5 heterocycles. The minimum absolute atomic E-state index is 0.234. The number of hydrazone groups is 1. The van der Waals surface area contributed by atoms with Gasteiger partial charge in [0.05, 0.1) is 16.6 Å². The van der Waals surface area contributed by atoms with Crippen molar-refractivity contribution in [3.63, 3.8) is 0 Å². The van der Waals surface area contributed by atoms with Crippen molar-refractivity contribution in [1.82, 2.24) is 15.2 Å². The Morgan fingerprint density at radius 1 is 1.12 bits per heavy atom. The zero-order valence-corrected chi connectivity index (χ0v) is 20.0. The molecular weight excluding hydrogens is 476 g/mol. The summed E-state index contributed by atoms with van der Waals surface area (Å²) >= 11 is 4.77. The van der Waals surface area contributed by atoms with Gasteiger partial charge in [-0.3, -0.25) is 14.5 Å². The zero-order valence-electron chi connectivity index (χ0n) is 17.5. The number of nitrogens with zero attached hydrogens (tertiary/aromatic N) is 3. The van der Waals surface area contributed by atoms with Crippen LogP contribution in [-0.2, 0) is 21.5 Å². The summed E-state index contributed by atoms with van der Waals surface area (Å²) in [7, 11) is 0. The molecule has 3 aromatic heterocycles. The molecule has 10 heteroatoms. The molecule has 0 aromatic carbocycles. The SMILES string of the molecule is O=C1NC2(CCCc3sccc32)C(=O)N1CC(=O)N1N=C(c2cccs2)CC1c1cccs1. The third kappa shape index (κ3) is 3.27. The maximum atomic E-state index is 13.5. The van der Waals surface area contributed by atoms with Crippen LogP contribution in [0.5, 0.6) is 0 Å². The summed E-state index contributed by atoms with van der Waals surface area (Å²) < 4.78 is 0. The van der Waals surface area contributed by atoms with Crippen molar-refractivity contribution in [3.05, 3.63) is 66.7 Å². The molecule has 2 aliphatic heterocycles. The van der Waals surface area contributed by atoms with Gasteiger partial charge in [0, 0.05) is 21.7 Å². The van der Waals surface area contributed by atoms with Crippen LogP contribution < -0.4 is 5.32 Å². The van der Waals surface area contributed by atoms with Crippen molar-refractivity contribution in [2.75, 3.05) is 6.54 Å². The number of aryl methyl sites for hydroxylation is 1. The average molecular weight is 497 g/mol. The van der Waals surface area contributed by atoms with Crippen molar-refractivity contribution >= 4 is 57.6 Å². The van der Waals surface area contributed by atoms with Gasteiger partial charge in [0.2, 0.25) is 0 Å². The highest BCUT2D eigenvalue weighted by Gasteiger charge is 2.55. The first-order valence-electron chi connectivity index (χ1n) is 10.7. The normalized spacial score (nSPS) is 24.4. The predicted molar refractivity (Wildman–Crippen MR) is 129 cm³/mol. The van der Waals surface area contributed by atoms with E-state index in [-0.39, 0.29) is 24.4 Å². The Balaban J connectivity index is 1.28. The second-order valence-corrected chi connectivity index (χ2v) is 11.3. The summed E-state index contributed by atoms with van der Waals surface area (Å²) in [6, 6.07) is 9.08. The molecule has 1 spiro atoms. The van der Waals surface area contributed by atoms with Crippen molar-refractivity contribution in [3.8, 4) is 0 Å². The van der Waals surface area contributed by atoms with Crippen molar-refractivity contribution < 1.29 is 14.4 Å². The highest BCUT2D eigenvalue weighted by atomic mass is 32.1. The molecule has 33 heavy (non-hydrogen) atoms. The van der Waals surface area contributed by atoms with Crippen LogP contribution >= 0.6 is 34.0 Å². The molecule has 1 saturated heterocycles. The molecule has 168 valence electrons. The number of thiophene rings is 3. The Bertz CT molecular complexity index is 1260. The topological polar surface area (TPSA) is 82.1 Å². The van der Waals surface area contributed by atoms with Crippen molar-refractivity contribution in [2.45, 2.75) is 37.3 Å². The van der Waals surface area contributed by atoms with Gasteiger partial charge in [0.25, 0.3) is 11.8 Å². The number of nitrogens with one attached hydrogen (secondary N) is 1. The van der Waals surface area contributed by atoms with Crippen LogP contribution in [0.1, 0.15) is 45.5 Å². The number of fused-ring (bicyclic) bond motifs is 2. The molecule has 2 atom stereocenters. The predicted octanol–water partition coefficient (Wildman–Crippen LogP) is 4.33. The van der Waals surface area contributed by atoms with E-state index in [4.69, 9.17) is 0 Å². The maximum Gasteiger partial charge on any atom is 0.325 e. The summed E-state index contributed by atoms with van der Waals surface area (Å²) in [6.07, 6.45) is 2.89. The molecule has 1 N–H and O–H groups in total. The quantitative estimate of drug-likeness (QED) is 0.546. The molecule has 0 saturated carbocycles. The second-order valence-electron chi connectivity index (χ2n) is 8.34. The fourth-order valence-corrected chi connectivity index (χ4v) is 7.46. The maximum absolute atomic E-state index is 13.5. The Kier molecular flexibility index (Phi) is 4.97. The first-order chi connectivity index (χ1) is 16.1. The van der Waals surface area contributed by atoms with E-state index in [1.807, 2.05) is 46.5 Å². The molecule has 0 bridgehead atoms. The lowest BCUT2D eigenvalue weighted by Gasteiger charge is -2.31. The fourth-order valence-electron chi connectivity index (χ4n) is 4.93. The van der Waals surface area contributed by atoms with Crippen LogP contribution in [0.2, 0.25) is 0 Å². The highest BCUT2D eigenvalue weighted by Crippen LogP contribution is 2.42. The van der Waals surface area contributed by atoms with Crippen LogP contribution in [0.4, 0.5) is 4.79 Å². The van der Waals surface area contributed by atoms with Gasteiger partial charge in [-0.25, -0.2) is 9.80 Å². The van der Waals surface area contributed by atoms with Crippen LogP contribution in [0.3, 0.4) is 0 Å². The molecule has 0 radical (unpaired) electrons. The lowest BCUT2D eigenvalue weighted by Crippen LogP contribution is -2.46. The number of rotatable bonds is 4. The summed E-state index contributed by atoms with van der Waals surface area (Å²) in [4.78, 5) is 44.1. The number of imide groups is 1. The van der Waals surface area contributed by atoms with E-state index in [0.717, 1.165) is 43.6 Å². The molecule has 3 aromatic rings. The third-order valence-corrected chi connectivity index (χ3v) is 9.35. The first kappa shape index (κ1) is 20.8. The number of carbonyl (C=O) groups excluding carboxylic acids is 3. The lowest BCUT2D eigenvalue weighted by atomic mass is 9.80. The van der Waals surface area contributed by atoms with Gasteiger partial charge in [-0.05, 0) is 53.6 Å². The number of hydrogen-bond donors (Lipinski definition) is 1. The van der Waals surface area contributed by atoms with E-state index in [2.05, 4.69) is 10.4 Å². The Morgan fingerprint density at radius 3 is 2.76 bits per heavy atom. The zero-order chi connectivity index (χ0) is 22.6. The van der Waals surface area contributed by atoms with Crippen LogP contribution in [0.15, 0.2) is 51.6 Å². The molecule has 6 rings (SSSR count). The van der Waals surface area contributed by atoms with Gasteiger partial charge < -0.3 is 5.32 Å². The monoisotopic (exact) mass is 496 g/mol. The first-order valence-corrected chi connectivity index (χ1v) is 13.4. The fraction of sp³-hybridized carbons (Fsp3) is 0.304. The van der Waals surface area contributed by atoms with E-state index in [1.165, 1.54) is 5.01 Å². The summed E-state index contributed by atoms with van der Waals surface area (Å²) in [5.41, 5.74) is 0.678. The van der Waals surface area contributed by atoms with Crippen molar-refractivity contribution in [1.29, 1.82) is 0 Å². The highest BCUT2D eigenvalue weighted by molar-refractivity contribution is 7.12. The molecule has 1 aliphatic carbocycles. The third-order valence-electron chi connectivity index (χ3n) is 6.47. The summed E-state index contributed by atoms with van der Waals surface area (Å²) in [5, 5.41) is 14.9. The number of amides is 4. The number of carbonyl (C=O) groups is 3. The Hall–Kier alpha value is -2.82. The smallest absolute Gasteiger partial charge is 0.319 e. The van der Waals surface area contributed by atoms with Crippen LogP contribution in [-0.4, -0.2) is 40.0 Å². The lowest BCUT2D eigenvalue weighted by molar-refractivity contribution is -0.140. The van der Waals surface area contributed by atoms with E-state index in [0.29, 0.717) is 12.8 Å². The summed E-state index contributed by atoms with van der Waals surface area (Å²) in [6.45, 7) is -0.324. The van der Waals surface area contributed by atoms with Crippen LogP contribution in [0, 0.1) is 0 Å². The second kappa shape index (κ2) is 7.89. The molecule has 4 amide bonds. The van der Waals surface area contributed by atoms with Gasteiger partial charge in [-0.2, -0.15) is 5.10 Å². The van der Waals surface area contributed by atoms with Gasteiger partial charge >= 0.3 is 6.03 Å². The standard InChI is InChI=1S/C23H20N4O3S3/c28-20(27-16(19-6-3-10-32-19)12-15(25-27)18-5-2-9-31-18)13-26-21(29)23(24-22(26)30)8-1-4-17-14(23)7-11-33-17/h2-3,5-7,9-11,16H,1,4,8,12-13H2,(H,24,30). The number of urea groups is 1. The van der Waals surface area contributed by atoms with E-state index >= 15 is 0 Å². The van der Waals surface area contributed by atoms with Crippen molar-refractivity contribution in [2.24, 2.45) is 5.10 Å². The van der Waals surface area contributed by atoms with E-state index in [9.17, 15) is 14.4 Å². The molecule has 3 aliphatic rings. The Morgan fingerprint density at radius 2 is 1.97 bits per heavy atom. The minimum Gasteiger partial charge on any atom is -0.319 e. The minimum atomic E-state index is -1.05.